The van der Waals surface area contributed by atoms with Gasteiger partial charge in [-0.25, -0.2) is 0 Å². The van der Waals surface area contributed by atoms with Crippen molar-refractivity contribution in [2.75, 3.05) is 5.32 Å². The molecule has 16 heavy (non-hydrogen) atoms. The number of amides is 1. The van der Waals surface area contributed by atoms with Crippen LogP contribution in [-0.4, -0.2) is 22.2 Å². The van der Waals surface area contributed by atoms with Crippen molar-refractivity contribution < 1.29 is 14.7 Å². The highest BCUT2D eigenvalue weighted by atomic mass is 35.5. The first-order valence-electron chi connectivity index (χ1n) is 4.55. The minimum Gasteiger partial charge on any atom is -0.481 e. The molecule has 0 bridgehead atoms. The summed E-state index contributed by atoms with van der Waals surface area (Å²) in [5.74, 6) is -1.27. The molecule has 0 aromatic heterocycles. The van der Waals surface area contributed by atoms with Crippen LogP contribution in [-0.2, 0) is 9.59 Å². The number of benzene rings is 1. The highest BCUT2D eigenvalue weighted by Crippen LogP contribution is 2.38. The van der Waals surface area contributed by atoms with E-state index in [0.717, 1.165) is 4.90 Å². The van der Waals surface area contributed by atoms with Crippen molar-refractivity contribution in [3.8, 4) is 0 Å². The van der Waals surface area contributed by atoms with Gasteiger partial charge in [-0.1, -0.05) is 11.6 Å². The number of nitrogens with one attached hydrogen (secondary N) is 1. The lowest BCUT2D eigenvalue weighted by atomic mass is 10.2. The molecule has 2 N–H and O–H groups in total. The average Bonchev–Trinajstić information content (AvgIpc) is 2.19. The first-order chi connectivity index (χ1) is 7.56. The Labute approximate surface area is 101 Å². The van der Waals surface area contributed by atoms with E-state index in [9.17, 15) is 9.59 Å². The van der Waals surface area contributed by atoms with Crippen molar-refractivity contribution in [3.05, 3.63) is 23.2 Å². The second kappa shape index (κ2) is 4.35. The SMILES string of the molecule is O=C(O)C[C@@H]1Sc2ccc(Cl)cc2NC1=O. The fourth-order valence-corrected chi connectivity index (χ4v) is 2.67. The fourth-order valence-electron chi connectivity index (χ4n) is 1.42. The van der Waals surface area contributed by atoms with E-state index in [2.05, 4.69) is 5.32 Å². The van der Waals surface area contributed by atoms with Crippen LogP contribution in [0.25, 0.3) is 0 Å². The standard InChI is InChI=1S/C10H8ClNO3S/c11-5-1-2-7-6(3-5)12-10(15)8(16-7)4-9(13)14/h1-3,8H,4H2,(H,12,15)(H,13,14)/t8-/m0/s1. The predicted molar refractivity (Wildman–Crippen MR) is 62.0 cm³/mol. The van der Waals surface area contributed by atoms with Gasteiger partial charge >= 0.3 is 5.97 Å². The first-order valence-corrected chi connectivity index (χ1v) is 5.81. The van der Waals surface area contributed by atoms with Crippen LogP contribution in [0.15, 0.2) is 23.1 Å². The van der Waals surface area contributed by atoms with Crippen LogP contribution in [0.1, 0.15) is 6.42 Å². The van der Waals surface area contributed by atoms with Crippen molar-refractivity contribution in [3.63, 3.8) is 0 Å². The van der Waals surface area contributed by atoms with Crippen LogP contribution in [0.5, 0.6) is 0 Å². The number of rotatable bonds is 2. The van der Waals surface area contributed by atoms with Gasteiger partial charge in [-0.15, -0.1) is 11.8 Å². The number of thioether (sulfide) groups is 1. The number of anilines is 1. The number of carboxylic acids is 1. The van der Waals surface area contributed by atoms with Gasteiger partial charge in [0, 0.05) is 9.92 Å². The molecule has 2 rings (SSSR count). The Balaban J connectivity index is 2.25. The van der Waals surface area contributed by atoms with Gasteiger partial charge in [0.25, 0.3) is 0 Å². The summed E-state index contributed by atoms with van der Waals surface area (Å²) in [5, 5.41) is 11.3. The van der Waals surface area contributed by atoms with Gasteiger partial charge in [0.15, 0.2) is 0 Å². The summed E-state index contributed by atoms with van der Waals surface area (Å²) in [7, 11) is 0. The highest BCUT2D eigenvalue weighted by Gasteiger charge is 2.28. The maximum absolute atomic E-state index is 11.6. The molecule has 1 aliphatic rings. The molecule has 0 aliphatic carbocycles. The minimum atomic E-state index is -0.981. The maximum atomic E-state index is 11.6. The van der Waals surface area contributed by atoms with Gasteiger partial charge in [-0.05, 0) is 18.2 Å². The van der Waals surface area contributed by atoms with Crippen LogP contribution < -0.4 is 5.32 Å². The van der Waals surface area contributed by atoms with Crippen LogP contribution in [0.4, 0.5) is 5.69 Å². The molecule has 1 amide bonds. The van der Waals surface area contributed by atoms with Crippen molar-refractivity contribution in [1.82, 2.24) is 0 Å². The summed E-state index contributed by atoms with van der Waals surface area (Å²) in [6, 6.07) is 5.14. The summed E-state index contributed by atoms with van der Waals surface area (Å²) in [6.07, 6.45) is -0.182. The topological polar surface area (TPSA) is 66.4 Å². The van der Waals surface area contributed by atoms with Gasteiger partial charge in [0.1, 0.15) is 0 Å². The number of hydrogen-bond acceptors (Lipinski definition) is 3. The van der Waals surface area contributed by atoms with Crippen LogP contribution in [0.3, 0.4) is 0 Å². The minimum absolute atomic E-state index is 0.182. The smallest absolute Gasteiger partial charge is 0.305 e. The van der Waals surface area contributed by atoms with Crippen molar-refractivity contribution in [2.24, 2.45) is 0 Å². The molecule has 0 saturated heterocycles. The van der Waals surface area contributed by atoms with Crippen molar-refractivity contribution in [2.45, 2.75) is 16.6 Å². The molecule has 84 valence electrons. The van der Waals surface area contributed by atoms with Gasteiger partial charge in [-0.3, -0.25) is 9.59 Å². The molecule has 4 nitrogen and oxygen atoms in total. The van der Waals surface area contributed by atoms with Crippen molar-refractivity contribution in [1.29, 1.82) is 0 Å². The Morgan fingerprint density at radius 2 is 2.31 bits per heavy atom. The zero-order chi connectivity index (χ0) is 11.7. The molecular formula is C10H8ClNO3S. The molecule has 1 heterocycles. The number of carbonyl (C=O) groups excluding carboxylic acids is 1. The Morgan fingerprint density at radius 1 is 1.56 bits per heavy atom. The number of carbonyl (C=O) groups is 2. The van der Waals surface area contributed by atoms with Crippen LogP contribution in [0, 0.1) is 0 Å². The summed E-state index contributed by atoms with van der Waals surface area (Å²) >= 11 is 7.04. The molecular weight excluding hydrogens is 250 g/mol. The lowest BCUT2D eigenvalue weighted by molar-refractivity contribution is -0.138. The number of aliphatic carboxylic acids is 1. The van der Waals surface area contributed by atoms with E-state index in [4.69, 9.17) is 16.7 Å². The molecule has 1 aromatic carbocycles. The first kappa shape index (κ1) is 11.3. The molecule has 1 aromatic rings. The monoisotopic (exact) mass is 257 g/mol. The number of halogens is 1. The van der Waals surface area contributed by atoms with E-state index < -0.39 is 11.2 Å². The van der Waals surface area contributed by atoms with E-state index >= 15 is 0 Å². The van der Waals surface area contributed by atoms with Crippen LogP contribution >= 0.6 is 23.4 Å². The van der Waals surface area contributed by atoms with E-state index in [0.29, 0.717) is 10.7 Å². The molecule has 6 heteroatoms. The Bertz CT molecular complexity index is 463. The fraction of sp³-hybridized carbons (Fsp3) is 0.200. The molecule has 1 aliphatic heterocycles. The molecule has 0 spiro atoms. The zero-order valence-corrected chi connectivity index (χ0v) is 9.64. The maximum Gasteiger partial charge on any atom is 0.305 e. The summed E-state index contributed by atoms with van der Waals surface area (Å²) in [4.78, 5) is 23.0. The predicted octanol–water partition coefficient (Wildman–Crippen LogP) is 2.23. The van der Waals surface area contributed by atoms with E-state index in [1.807, 2.05) is 0 Å². The Kier molecular flexibility index (Phi) is 3.07. The third kappa shape index (κ3) is 2.31. The Morgan fingerprint density at radius 3 is 3.00 bits per heavy atom. The largest absolute Gasteiger partial charge is 0.481 e. The van der Waals surface area contributed by atoms with Gasteiger partial charge in [-0.2, -0.15) is 0 Å². The number of hydrogen-bond donors (Lipinski definition) is 2. The number of carboxylic acid groups (broad SMARTS) is 1. The summed E-state index contributed by atoms with van der Waals surface area (Å²) < 4.78 is 0. The van der Waals surface area contributed by atoms with E-state index in [1.165, 1.54) is 11.8 Å². The van der Waals surface area contributed by atoms with Crippen molar-refractivity contribution >= 4 is 40.9 Å². The average molecular weight is 258 g/mol. The molecule has 0 unspecified atom stereocenters. The third-order valence-corrected chi connectivity index (χ3v) is 3.63. The third-order valence-electron chi connectivity index (χ3n) is 2.12. The summed E-state index contributed by atoms with van der Waals surface area (Å²) in [5.41, 5.74) is 0.643. The Hall–Kier alpha value is -1.20. The van der Waals surface area contributed by atoms with Gasteiger partial charge in [0.2, 0.25) is 5.91 Å². The van der Waals surface area contributed by atoms with Gasteiger partial charge < -0.3 is 10.4 Å². The second-order valence-corrected chi connectivity index (χ2v) is 5.02. The molecule has 1 atom stereocenters. The van der Waals surface area contributed by atoms with E-state index in [-0.39, 0.29) is 12.3 Å². The molecule has 0 radical (unpaired) electrons. The quantitative estimate of drug-likeness (QED) is 0.853. The lowest BCUT2D eigenvalue weighted by Gasteiger charge is -2.22. The lowest BCUT2D eigenvalue weighted by Crippen LogP contribution is -2.30. The molecule has 0 fully saturated rings. The second-order valence-electron chi connectivity index (χ2n) is 3.33. The van der Waals surface area contributed by atoms with Gasteiger partial charge in [0.05, 0.1) is 17.4 Å². The normalized spacial score (nSPS) is 18.8. The molecule has 0 saturated carbocycles. The zero-order valence-electron chi connectivity index (χ0n) is 8.07. The van der Waals surface area contributed by atoms with Crippen LogP contribution in [0.2, 0.25) is 5.02 Å². The number of fused-ring (bicyclic) bond motifs is 1. The highest BCUT2D eigenvalue weighted by molar-refractivity contribution is 8.01. The summed E-state index contributed by atoms with van der Waals surface area (Å²) in [6.45, 7) is 0. The van der Waals surface area contributed by atoms with E-state index in [1.54, 1.807) is 18.2 Å².